The van der Waals surface area contributed by atoms with E-state index >= 15 is 0 Å². The second kappa shape index (κ2) is 9.44. The molecular weight excluding hydrogens is 258 g/mol. The lowest BCUT2D eigenvalue weighted by atomic mass is 10.1. The van der Waals surface area contributed by atoms with E-state index in [-0.39, 0.29) is 0 Å². The van der Waals surface area contributed by atoms with Crippen LogP contribution in [-0.4, -0.2) is 41.6 Å². The smallest absolute Gasteiger partial charge is 0.130 e. The van der Waals surface area contributed by atoms with Crippen molar-refractivity contribution in [2.45, 2.75) is 19.4 Å². The van der Waals surface area contributed by atoms with Gasteiger partial charge in [-0.3, -0.25) is 0 Å². The fourth-order valence-electron chi connectivity index (χ4n) is 1.96. The van der Waals surface area contributed by atoms with Gasteiger partial charge in [0.15, 0.2) is 0 Å². The minimum absolute atomic E-state index is 0.698. The molecule has 0 atom stereocenters. The first-order valence-electron chi connectivity index (χ1n) is 6.75. The third-order valence-electron chi connectivity index (χ3n) is 3.07. The summed E-state index contributed by atoms with van der Waals surface area (Å²) < 4.78 is 21.1. The van der Waals surface area contributed by atoms with Gasteiger partial charge in [-0.25, -0.2) is 0 Å². The summed E-state index contributed by atoms with van der Waals surface area (Å²) in [6, 6.07) is 3.73. The molecule has 1 N–H and O–H groups in total. The maximum absolute atomic E-state index is 5.41. The quantitative estimate of drug-likeness (QED) is 0.667. The molecule has 0 amide bonds. The number of hydrogen-bond acceptors (Lipinski definition) is 5. The average molecular weight is 283 g/mol. The first-order valence-corrected chi connectivity index (χ1v) is 6.75. The molecular formula is C15H25NO4. The number of hydrogen-bond donors (Lipinski definition) is 1. The summed E-state index contributed by atoms with van der Waals surface area (Å²) in [6.45, 7) is 2.43. The van der Waals surface area contributed by atoms with E-state index in [1.54, 1.807) is 28.4 Å². The predicted molar refractivity (Wildman–Crippen MR) is 78.9 cm³/mol. The molecule has 0 aliphatic rings. The van der Waals surface area contributed by atoms with Crippen LogP contribution in [0.3, 0.4) is 0 Å². The van der Waals surface area contributed by atoms with Crippen LogP contribution in [0.4, 0.5) is 0 Å². The molecule has 0 spiro atoms. The third-order valence-corrected chi connectivity index (χ3v) is 3.07. The zero-order valence-corrected chi connectivity index (χ0v) is 12.8. The minimum Gasteiger partial charge on any atom is -0.496 e. The van der Waals surface area contributed by atoms with E-state index < -0.39 is 0 Å². The maximum atomic E-state index is 5.41. The van der Waals surface area contributed by atoms with Crippen molar-refractivity contribution in [1.82, 2.24) is 5.32 Å². The van der Waals surface area contributed by atoms with E-state index in [1.807, 2.05) is 12.1 Å². The molecule has 5 heteroatoms. The van der Waals surface area contributed by atoms with Gasteiger partial charge in [0.1, 0.15) is 17.2 Å². The maximum Gasteiger partial charge on any atom is 0.130 e. The highest BCUT2D eigenvalue weighted by atomic mass is 16.5. The Morgan fingerprint density at radius 1 is 0.900 bits per heavy atom. The largest absolute Gasteiger partial charge is 0.496 e. The summed E-state index contributed by atoms with van der Waals surface area (Å²) in [5.74, 6) is 2.26. The van der Waals surface area contributed by atoms with Gasteiger partial charge in [-0.15, -0.1) is 0 Å². The zero-order valence-electron chi connectivity index (χ0n) is 12.8. The van der Waals surface area contributed by atoms with Crippen LogP contribution in [0, 0.1) is 0 Å². The van der Waals surface area contributed by atoms with E-state index in [0.29, 0.717) is 6.54 Å². The molecule has 0 saturated carbocycles. The normalized spacial score (nSPS) is 10.4. The molecule has 20 heavy (non-hydrogen) atoms. The van der Waals surface area contributed by atoms with Gasteiger partial charge in [0, 0.05) is 32.4 Å². The van der Waals surface area contributed by atoms with E-state index in [2.05, 4.69) is 5.32 Å². The van der Waals surface area contributed by atoms with Crippen LogP contribution in [0.1, 0.15) is 18.4 Å². The Hall–Kier alpha value is -1.46. The molecule has 0 fully saturated rings. The Bertz CT molecular complexity index is 370. The van der Waals surface area contributed by atoms with Crippen molar-refractivity contribution in [2.24, 2.45) is 0 Å². The van der Waals surface area contributed by atoms with Crippen LogP contribution in [0.15, 0.2) is 12.1 Å². The van der Waals surface area contributed by atoms with Gasteiger partial charge >= 0.3 is 0 Å². The second-order valence-electron chi connectivity index (χ2n) is 4.39. The fourth-order valence-corrected chi connectivity index (χ4v) is 1.96. The molecule has 1 rings (SSSR count). The van der Waals surface area contributed by atoms with Crippen molar-refractivity contribution in [3.05, 3.63) is 17.7 Å². The van der Waals surface area contributed by atoms with Crippen molar-refractivity contribution in [3.8, 4) is 17.2 Å². The molecule has 0 aromatic heterocycles. The summed E-state index contributed by atoms with van der Waals surface area (Å²) in [7, 11) is 6.65. The molecule has 0 aliphatic carbocycles. The molecule has 0 radical (unpaired) electrons. The van der Waals surface area contributed by atoms with Gasteiger partial charge < -0.3 is 24.3 Å². The summed E-state index contributed by atoms with van der Waals surface area (Å²) in [5, 5.41) is 3.39. The van der Waals surface area contributed by atoms with E-state index in [1.165, 1.54) is 0 Å². The van der Waals surface area contributed by atoms with Gasteiger partial charge in [-0.05, 0) is 19.4 Å². The highest BCUT2D eigenvalue weighted by Gasteiger charge is 2.12. The highest BCUT2D eigenvalue weighted by molar-refractivity contribution is 5.50. The fraction of sp³-hybridized carbons (Fsp3) is 0.600. The number of rotatable bonds is 10. The van der Waals surface area contributed by atoms with Gasteiger partial charge in [0.2, 0.25) is 0 Å². The number of methoxy groups -OCH3 is 4. The average Bonchev–Trinajstić information content (AvgIpc) is 2.50. The summed E-state index contributed by atoms with van der Waals surface area (Å²) >= 11 is 0. The molecule has 0 bridgehead atoms. The lowest BCUT2D eigenvalue weighted by Gasteiger charge is -2.15. The van der Waals surface area contributed by atoms with E-state index in [0.717, 1.165) is 48.8 Å². The molecule has 114 valence electrons. The topological polar surface area (TPSA) is 49.0 Å². The predicted octanol–water partition coefficient (Wildman–Crippen LogP) is 2.23. The number of ether oxygens (including phenoxy) is 4. The van der Waals surface area contributed by atoms with Crippen LogP contribution in [-0.2, 0) is 11.3 Å². The number of nitrogens with one attached hydrogen (secondary N) is 1. The van der Waals surface area contributed by atoms with Crippen LogP contribution in [0.5, 0.6) is 17.2 Å². The monoisotopic (exact) mass is 283 g/mol. The summed E-state index contributed by atoms with van der Waals surface area (Å²) in [6.07, 6.45) is 2.13. The van der Waals surface area contributed by atoms with Crippen molar-refractivity contribution < 1.29 is 18.9 Å². The Labute approximate surface area is 121 Å². The molecule has 0 aliphatic heterocycles. The van der Waals surface area contributed by atoms with E-state index in [4.69, 9.17) is 18.9 Å². The summed E-state index contributed by atoms with van der Waals surface area (Å²) in [5.41, 5.74) is 1.00. The van der Waals surface area contributed by atoms with Crippen LogP contribution < -0.4 is 19.5 Å². The van der Waals surface area contributed by atoms with Crippen molar-refractivity contribution in [1.29, 1.82) is 0 Å². The Kier molecular flexibility index (Phi) is 7.84. The second-order valence-corrected chi connectivity index (χ2v) is 4.39. The standard InChI is InChI=1S/C15H25NO4/c1-17-8-6-5-7-16-11-13-14(19-3)9-12(18-2)10-15(13)20-4/h9-10,16H,5-8,11H2,1-4H3. The molecule has 0 heterocycles. The third kappa shape index (κ3) is 4.90. The number of benzene rings is 1. The molecule has 0 saturated heterocycles. The molecule has 5 nitrogen and oxygen atoms in total. The van der Waals surface area contributed by atoms with Crippen molar-refractivity contribution in [2.75, 3.05) is 41.6 Å². The Balaban J connectivity index is 2.63. The minimum atomic E-state index is 0.698. The molecule has 1 aromatic rings. The van der Waals surface area contributed by atoms with Gasteiger partial charge in [0.05, 0.1) is 26.9 Å². The van der Waals surface area contributed by atoms with Crippen LogP contribution >= 0.6 is 0 Å². The lowest BCUT2D eigenvalue weighted by Crippen LogP contribution is -2.16. The van der Waals surface area contributed by atoms with Crippen LogP contribution in [0.2, 0.25) is 0 Å². The highest BCUT2D eigenvalue weighted by Crippen LogP contribution is 2.33. The molecule has 0 unspecified atom stereocenters. The number of unbranched alkanes of at least 4 members (excludes halogenated alkanes) is 1. The Morgan fingerprint density at radius 2 is 1.55 bits per heavy atom. The van der Waals surface area contributed by atoms with E-state index in [9.17, 15) is 0 Å². The van der Waals surface area contributed by atoms with Gasteiger partial charge in [-0.1, -0.05) is 0 Å². The Morgan fingerprint density at radius 3 is 2.05 bits per heavy atom. The van der Waals surface area contributed by atoms with Crippen molar-refractivity contribution >= 4 is 0 Å². The van der Waals surface area contributed by atoms with Crippen molar-refractivity contribution in [3.63, 3.8) is 0 Å². The van der Waals surface area contributed by atoms with Crippen LogP contribution in [0.25, 0.3) is 0 Å². The summed E-state index contributed by atoms with van der Waals surface area (Å²) in [4.78, 5) is 0. The van der Waals surface area contributed by atoms with Gasteiger partial charge in [-0.2, -0.15) is 0 Å². The first kappa shape index (κ1) is 16.6. The SMILES string of the molecule is COCCCCNCc1c(OC)cc(OC)cc1OC. The van der Waals surface area contributed by atoms with Gasteiger partial charge in [0.25, 0.3) is 0 Å². The molecule has 1 aromatic carbocycles. The zero-order chi connectivity index (χ0) is 14.8. The first-order chi connectivity index (χ1) is 9.76. The lowest BCUT2D eigenvalue weighted by molar-refractivity contribution is 0.192.